The number of carbonyl (C=O) groups is 1. The predicted molar refractivity (Wildman–Crippen MR) is 52.5 cm³/mol. The molecule has 0 saturated heterocycles. The van der Waals surface area contributed by atoms with E-state index in [1.807, 2.05) is 0 Å². The second-order valence-electron chi connectivity index (χ2n) is 3.13. The molecule has 0 saturated carbocycles. The van der Waals surface area contributed by atoms with E-state index in [-0.39, 0.29) is 0 Å². The molecule has 0 aliphatic carbocycles. The molecule has 2 nitrogen and oxygen atoms in total. The maximum Gasteiger partial charge on any atom is 0.417 e. The first-order chi connectivity index (χ1) is 7.79. The van der Waals surface area contributed by atoms with E-state index < -0.39 is 34.7 Å². The van der Waals surface area contributed by atoms with Crippen molar-refractivity contribution in [3.05, 3.63) is 41.7 Å². The Kier molecular flexibility index (Phi) is 3.55. The average molecular weight is 248 g/mol. The van der Waals surface area contributed by atoms with Crippen molar-refractivity contribution in [2.45, 2.75) is 6.18 Å². The lowest BCUT2D eigenvalue weighted by Gasteiger charge is -2.14. The Balaban J connectivity index is 3.41. The van der Waals surface area contributed by atoms with Crippen molar-refractivity contribution in [2.24, 2.45) is 0 Å². The van der Waals surface area contributed by atoms with Crippen molar-refractivity contribution >= 4 is 11.5 Å². The van der Waals surface area contributed by atoms with Crippen molar-refractivity contribution in [3.63, 3.8) is 0 Å². The standard InChI is InChI=1S/C11H8F4O2/c1-6(10(16)17-2)9-7(11(13,14)15)4-3-5-8(9)12/h3-5H,1H2,2H3. The molecule has 0 atom stereocenters. The summed E-state index contributed by atoms with van der Waals surface area (Å²) in [5.41, 5.74) is -2.81. The van der Waals surface area contributed by atoms with Gasteiger partial charge in [0.2, 0.25) is 0 Å². The zero-order valence-electron chi connectivity index (χ0n) is 8.77. The summed E-state index contributed by atoms with van der Waals surface area (Å²) in [6.07, 6.45) is -4.77. The number of halogens is 4. The van der Waals surface area contributed by atoms with E-state index in [0.717, 1.165) is 19.2 Å². The molecule has 0 N–H and O–H groups in total. The first-order valence-corrected chi connectivity index (χ1v) is 4.42. The summed E-state index contributed by atoms with van der Waals surface area (Å²) in [5.74, 6) is -2.28. The quantitative estimate of drug-likeness (QED) is 0.457. The van der Waals surface area contributed by atoms with Gasteiger partial charge in [-0.15, -0.1) is 0 Å². The molecule has 0 fully saturated rings. The number of benzene rings is 1. The summed E-state index contributed by atoms with van der Waals surface area (Å²) in [6, 6.07) is 2.40. The molecule has 92 valence electrons. The summed E-state index contributed by atoms with van der Waals surface area (Å²) in [6.45, 7) is 3.12. The highest BCUT2D eigenvalue weighted by molar-refractivity contribution is 6.16. The molecule has 1 aromatic carbocycles. The van der Waals surface area contributed by atoms with Crippen molar-refractivity contribution in [2.75, 3.05) is 7.11 Å². The van der Waals surface area contributed by atoms with Gasteiger partial charge in [0.15, 0.2) is 0 Å². The third-order valence-corrected chi connectivity index (χ3v) is 2.05. The van der Waals surface area contributed by atoms with Crippen molar-refractivity contribution < 1.29 is 27.1 Å². The number of carbonyl (C=O) groups excluding carboxylic acids is 1. The minimum Gasteiger partial charge on any atom is -0.465 e. The van der Waals surface area contributed by atoms with E-state index in [0.29, 0.717) is 6.07 Å². The summed E-state index contributed by atoms with van der Waals surface area (Å²) < 4.78 is 55.4. The first kappa shape index (κ1) is 13.2. The third-order valence-electron chi connectivity index (χ3n) is 2.05. The topological polar surface area (TPSA) is 26.3 Å². The van der Waals surface area contributed by atoms with Crippen LogP contribution in [0, 0.1) is 5.82 Å². The SMILES string of the molecule is C=C(C(=O)OC)c1c(F)cccc1C(F)(F)F. The van der Waals surface area contributed by atoms with Crippen LogP contribution in [0.4, 0.5) is 17.6 Å². The molecule has 0 bridgehead atoms. The van der Waals surface area contributed by atoms with E-state index in [2.05, 4.69) is 11.3 Å². The lowest BCUT2D eigenvalue weighted by molar-refractivity contribution is -0.138. The second kappa shape index (κ2) is 4.57. The Labute approximate surface area is 94.5 Å². The molecule has 1 aromatic rings. The number of alkyl halides is 3. The number of rotatable bonds is 2. The predicted octanol–water partition coefficient (Wildman–Crippen LogP) is 3.03. The van der Waals surface area contributed by atoms with E-state index in [9.17, 15) is 22.4 Å². The maximum atomic E-state index is 13.4. The van der Waals surface area contributed by atoms with Gasteiger partial charge in [-0.1, -0.05) is 12.6 Å². The van der Waals surface area contributed by atoms with Gasteiger partial charge in [0.05, 0.1) is 18.2 Å². The summed E-state index contributed by atoms with van der Waals surface area (Å²) in [5, 5.41) is 0. The zero-order chi connectivity index (χ0) is 13.2. The molecule has 0 spiro atoms. The van der Waals surface area contributed by atoms with Gasteiger partial charge in [-0.2, -0.15) is 13.2 Å². The summed E-state index contributed by atoms with van der Waals surface area (Å²) in [4.78, 5) is 11.1. The Morgan fingerprint density at radius 3 is 2.41 bits per heavy atom. The van der Waals surface area contributed by atoms with Gasteiger partial charge in [0, 0.05) is 5.56 Å². The Morgan fingerprint density at radius 2 is 1.94 bits per heavy atom. The van der Waals surface area contributed by atoms with Crippen LogP contribution in [0.25, 0.3) is 5.57 Å². The van der Waals surface area contributed by atoms with Gasteiger partial charge < -0.3 is 4.74 Å². The van der Waals surface area contributed by atoms with Crippen LogP contribution in [0.1, 0.15) is 11.1 Å². The van der Waals surface area contributed by atoms with Crippen LogP contribution in [-0.2, 0) is 15.7 Å². The summed E-state index contributed by atoms with van der Waals surface area (Å²) >= 11 is 0. The van der Waals surface area contributed by atoms with Crippen molar-refractivity contribution in [1.29, 1.82) is 0 Å². The maximum absolute atomic E-state index is 13.4. The fourth-order valence-corrected chi connectivity index (χ4v) is 1.29. The lowest BCUT2D eigenvalue weighted by Crippen LogP contribution is -2.13. The van der Waals surface area contributed by atoms with Crippen LogP contribution in [-0.4, -0.2) is 13.1 Å². The first-order valence-electron chi connectivity index (χ1n) is 4.42. The molecular formula is C11H8F4O2. The molecule has 0 aliphatic heterocycles. The minimum absolute atomic E-state index is 0.669. The van der Waals surface area contributed by atoms with Gasteiger partial charge in [-0.25, -0.2) is 9.18 Å². The molecule has 0 heterocycles. The number of ether oxygens (including phenoxy) is 1. The monoisotopic (exact) mass is 248 g/mol. The Bertz CT molecular complexity index is 463. The van der Waals surface area contributed by atoms with Crippen LogP contribution in [0.3, 0.4) is 0 Å². The second-order valence-corrected chi connectivity index (χ2v) is 3.13. The van der Waals surface area contributed by atoms with Gasteiger partial charge in [-0.3, -0.25) is 0 Å². The molecule has 0 aliphatic rings. The lowest BCUT2D eigenvalue weighted by atomic mass is 10.00. The van der Waals surface area contributed by atoms with Gasteiger partial charge in [0.25, 0.3) is 0 Å². The largest absolute Gasteiger partial charge is 0.465 e. The van der Waals surface area contributed by atoms with Crippen molar-refractivity contribution in [3.8, 4) is 0 Å². The normalized spacial score (nSPS) is 11.1. The highest BCUT2D eigenvalue weighted by Gasteiger charge is 2.36. The fraction of sp³-hybridized carbons (Fsp3) is 0.182. The molecule has 0 aromatic heterocycles. The fourth-order valence-electron chi connectivity index (χ4n) is 1.29. The van der Waals surface area contributed by atoms with Crippen LogP contribution in [0.2, 0.25) is 0 Å². The molecule has 1 rings (SSSR count). The molecule has 6 heteroatoms. The van der Waals surface area contributed by atoms with Crippen LogP contribution >= 0.6 is 0 Å². The van der Waals surface area contributed by atoms with E-state index in [1.165, 1.54) is 0 Å². The third kappa shape index (κ3) is 2.64. The van der Waals surface area contributed by atoms with E-state index in [1.54, 1.807) is 0 Å². The number of methoxy groups -OCH3 is 1. The Hall–Kier alpha value is -1.85. The smallest absolute Gasteiger partial charge is 0.417 e. The van der Waals surface area contributed by atoms with Crippen LogP contribution in [0.5, 0.6) is 0 Å². The van der Waals surface area contributed by atoms with Gasteiger partial charge in [-0.05, 0) is 12.1 Å². The van der Waals surface area contributed by atoms with Crippen LogP contribution < -0.4 is 0 Å². The molecule has 0 amide bonds. The average Bonchev–Trinajstić information content (AvgIpc) is 2.25. The van der Waals surface area contributed by atoms with Gasteiger partial charge >= 0.3 is 12.1 Å². The van der Waals surface area contributed by atoms with Crippen molar-refractivity contribution in [1.82, 2.24) is 0 Å². The van der Waals surface area contributed by atoms with Gasteiger partial charge in [0.1, 0.15) is 5.82 Å². The van der Waals surface area contributed by atoms with E-state index in [4.69, 9.17) is 0 Å². The van der Waals surface area contributed by atoms with E-state index >= 15 is 0 Å². The molecular weight excluding hydrogens is 240 g/mol. The highest BCUT2D eigenvalue weighted by atomic mass is 19.4. The Morgan fingerprint density at radius 1 is 1.35 bits per heavy atom. The minimum atomic E-state index is -4.77. The molecule has 0 radical (unpaired) electrons. The zero-order valence-corrected chi connectivity index (χ0v) is 8.77. The number of hydrogen-bond acceptors (Lipinski definition) is 2. The summed E-state index contributed by atoms with van der Waals surface area (Å²) in [7, 11) is 0.974. The molecule has 0 unspecified atom stereocenters. The highest BCUT2D eigenvalue weighted by Crippen LogP contribution is 2.36. The molecule has 17 heavy (non-hydrogen) atoms. The van der Waals surface area contributed by atoms with Crippen LogP contribution in [0.15, 0.2) is 24.8 Å². The number of esters is 1. The number of hydrogen-bond donors (Lipinski definition) is 0.